The average molecular weight is 278 g/mol. The van der Waals surface area contributed by atoms with Crippen LogP contribution >= 0.6 is 11.3 Å². The standard InChI is InChI=1S/C12H14N4O2S/c1-7(8-3-2-4-14-5-8)15-12-16-9(6-19-12)10(13)11(17)18/h2-7,10H,13H2,1H3,(H,15,16)(H,17,18). The average Bonchev–Trinajstić information content (AvgIpc) is 2.87. The molecule has 0 aliphatic rings. The molecular formula is C12H14N4O2S. The second-order valence-electron chi connectivity index (χ2n) is 4.05. The van der Waals surface area contributed by atoms with Crippen LogP contribution in [0.25, 0.3) is 0 Å². The highest BCUT2D eigenvalue weighted by molar-refractivity contribution is 7.13. The van der Waals surface area contributed by atoms with E-state index in [0.29, 0.717) is 10.8 Å². The molecule has 6 nitrogen and oxygen atoms in total. The van der Waals surface area contributed by atoms with Crippen LogP contribution in [0.3, 0.4) is 0 Å². The van der Waals surface area contributed by atoms with E-state index < -0.39 is 12.0 Å². The molecule has 2 aromatic rings. The van der Waals surface area contributed by atoms with Crippen LogP contribution in [0.4, 0.5) is 5.13 Å². The Morgan fingerprint density at radius 3 is 3.00 bits per heavy atom. The summed E-state index contributed by atoms with van der Waals surface area (Å²) < 4.78 is 0. The third-order valence-corrected chi connectivity index (χ3v) is 3.42. The van der Waals surface area contributed by atoms with Crippen LogP contribution in [-0.4, -0.2) is 21.0 Å². The first kappa shape index (κ1) is 13.4. The van der Waals surface area contributed by atoms with Crippen LogP contribution in [0.5, 0.6) is 0 Å². The molecule has 2 atom stereocenters. The van der Waals surface area contributed by atoms with Crippen molar-refractivity contribution in [3.8, 4) is 0 Å². The van der Waals surface area contributed by atoms with E-state index in [1.54, 1.807) is 17.8 Å². The van der Waals surface area contributed by atoms with Gasteiger partial charge in [-0.1, -0.05) is 6.07 Å². The summed E-state index contributed by atoms with van der Waals surface area (Å²) in [6, 6.07) is 2.78. The van der Waals surface area contributed by atoms with Crippen molar-refractivity contribution in [1.82, 2.24) is 9.97 Å². The number of anilines is 1. The highest BCUT2D eigenvalue weighted by Gasteiger charge is 2.18. The molecule has 0 amide bonds. The summed E-state index contributed by atoms with van der Waals surface area (Å²) in [6.07, 6.45) is 3.48. The molecular weight excluding hydrogens is 264 g/mol. The molecule has 2 aromatic heterocycles. The summed E-state index contributed by atoms with van der Waals surface area (Å²) in [7, 11) is 0. The first-order chi connectivity index (χ1) is 9.08. The largest absolute Gasteiger partial charge is 0.480 e. The van der Waals surface area contributed by atoms with E-state index in [2.05, 4.69) is 15.3 Å². The molecule has 19 heavy (non-hydrogen) atoms. The molecule has 2 unspecified atom stereocenters. The summed E-state index contributed by atoms with van der Waals surface area (Å²) in [6.45, 7) is 1.98. The Morgan fingerprint density at radius 2 is 2.37 bits per heavy atom. The maximum absolute atomic E-state index is 10.8. The van der Waals surface area contributed by atoms with Gasteiger partial charge in [-0.25, -0.2) is 4.98 Å². The summed E-state index contributed by atoms with van der Waals surface area (Å²) in [5.41, 5.74) is 6.89. The Hall–Kier alpha value is -1.99. The Balaban J connectivity index is 2.06. The number of carboxylic acid groups (broad SMARTS) is 1. The minimum Gasteiger partial charge on any atom is -0.480 e. The number of hydrogen-bond acceptors (Lipinski definition) is 6. The maximum atomic E-state index is 10.8. The third-order valence-electron chi connectivity index (χ3n) is 2.63. The van der Waals surface area contributed by atoms with Crippen molar-refractivity contribution in [2.24, 2.45) is 5.73 Å². The molecule has 0 aliphatic carbocycles. The van der Waals surface area contributed by atoms with E-state index in [9.17, 15) is 4.79 Å². The van der Waals surface area contributed by atoms with Gasteiger partial charge < -0.3 is 16.2 Å². The van der Waals surface area contributed by atoms with Crippen molar-refractivity contribution >= 4 is 22.4 Å². The van der Waals surface area contributed by atoms with Crippen molar-refractivity contribution in [3.05, 3.63) is 41.2 Å². The first-order valence-electron chi connectivity index (χ1n) is 5.68. The predicted molar refractivity (Wildman–Crippen MR) is 73.0 cm³/mol. The van der Waals surface area contributed by atoms with Gasteiger partial charge in [0.05, 0.1) is 11.7 Å². The number of aliphatic carboxylic acids is 1. The fourth-order valence-corrected chi connectivity index (χ4v) is 2.36. The quantitative estimate of drug-likeness (QED) is 0.771. The van der Waals surface area contributed by atoms with Crippen molar-refractivity contribution in [2.75, 3.05) is 5.32 Å². The number of carbonyl (C=O) groups is 1. The minimum atomic E-state index is -1.09. The molecule has 0 saturated carbocycles. The van der Waals surface area contributed by atoms with Gasteiger partial charge in [-0.15, -0.1) is 11.3 Å². The summed E-state index contributed by atoms with van der Waals surface area (Å²) in [5, 5.41) is 14.3. The fourth-order valence-electron chi connectivity index (χ4n) is 1.52. The van der Waals surface area contributed by atoms with Crippen molar-refractivity contribution in [2.45, 2.75) is 19.0 Å². The van der Waals surface area contributed by atoms with Gasteiger partial charge in [0.2, 0.25) is 0 Å². The number of thiazole rings is 1. The smallest absolute Gasteiger partial charge is 0.326 e. The zero-order chi connectivity index (χ0) is 13.8. The normalized spacial score (nSPS) is 13.8. The number of rotatable bonds is 5. The number of nitrogens with zero attached hydrogens (tertiary/aromatic N) is 2. The van der Waals surface area contributed by atoms with E-state index in [1.165, 1.54) is 11.3 Å². The summed E-state index contributed by atoms with van der Waals surface area (Å²) in [5.74, 6) is -1.09. The zero-order valence-electron chi connectivity index (χ0n) is 10.3. The molecule has 0 bridgehead atoms. The second-order valence-corrected chi connectivity index (χ2v) is 4.90. The van der Waals surface area contributed by atoms with Crippen molar-refractivity contribution < 1.29 is 9.90 Å². The van der Waals surface area contributed by atoms with Crippen LogP contribution < -0.4 is 11.1 Å². The molecule has 7 heteroatoms. The van der Waals surface area contributed by atoms with E-state index in [1.807, 2.05) is 19.1 Å². The van der Waals surface area contributed by atoms with Gasteiger partial charge in [0.15, 0.2) is 5.13 Å². The first-order valence-corrected chi connectivity index (χ1v) is 6.56. The highest BCUT2D eigenvalue weighted by Crippen LogP contribution is 2.24. The monoisotopic (exact) mass is 278 g/mol. The van der Waals surface area contributed by atoms with Crippen LogP contribution in [0, 0.1) is 0 Å². The molecule has 0 fully saturated rings. The maximum Gasteiger partial charge on any atom is 0.326 e. The molecule has 100 valence electrons. The number of aromatic nitrogens is 2. The Morgan fingerprint density at radius 1 is 1.58 bits per heavy atom. The molecule has 0 aliphatic heterocycles. The van der Waals surface area contributed by atoms with Gasteiger partial charge >= 0.3 is 5.97 Å². The Bertz CT molecular complexity index is 558. The van der Waals surface area contributed by atoms with Gasteiger partial charge in [-0.2, -0.15) is 0 Å². The number of hydrogen-bond donors (Lipinski definition) is 3. The summed E-state index contributed by atoms with van der Waals surface area (Å²) in [4.78, 5) is 19.0. The predicted octanol–water partition coefficient (Wildman–Crippen LogP) is 1.80. The van der Waals surface area contributed by atoms with Crippen molar-refractivity contribution in [1.29, 1.82) is 0 Å². The molecule has 0 spiro atoms. The highest BCUT2D eigenvalue weighted by atomic mass is 32.1. The van der Waals surface area contributed by atoms with Crippen LogP contribution in [0.2, 0.25) is 0 Å². The minimum absolute atomic E-state index is 0.0359. The lowest BCUT2D eigenvalue weighted by Gasteiger charge is -2.12. The molecule has 0 saturated heterocycles. The van der Waals surface area contributed by atoms with Gasteiger partial charge in [-0.05, 0) is 18.6 Å². The lowest BCUT2D eigenvalue weighted by molar-refractivity contribution is -0.138. The van der Waals surface area contributed by atoms with Gasteiger partial charge in [-0.3, -0.25) is 9.78 Å². The van der Waals surface area contributed by atoms with E-state index in [4.69, 9.17) is 10.8 Å². The van der Waals surface area contributed by atoms with Crippen LogP contribution in [0.15, 0.2) is 29.9 Å². The number of pyridine rings is 1. The van der Waals surface area contributed by atoms with Gasteiger partial charge in [0.1, 0.15) is 6.04 Å². The van der Waals surface area contributed by atoms with E-state index >= 15 is 0 Å². The van der Waals surface area contributed by atoms with Crippen LogP contribution in [0.1, 0.15) is 30.3 Å². The number of carboxylic acids is 1. The van der Waals surface area contributed by atoms with E-state index in [-0.39, 0.29) is 6.04 Å². The molecule has 2 rings (SSSR count). The topological polar surface area (TPSA) is 101 Å². The van der Waals surface area contributed by atoms with Crippen LogP contribution in [-0.2, 0) is 4.79 Å². The van der Waals surface area contributed by atoms with Gasteiger partial charge in [0.25, 0.3) is 0 Å². The van der Waals surface area contributed by atoms with Gasteiger partial charge in [0, 0.05) is 17.8 Å². The molecule has 0 radical (unpaired) electrons. The zero-order valence-corrected chi connectivity index (χ0v) is 11.1. The molecule has 2 heterocycles. The second kappa shape index (κ2) is 5.77. The Kier molecular flexibility index (Phi) is 4.08. The molecule has 0 aromatic carbocycles. The lowest BCUT2D eigenvalue weighted by Crippen LogP contribution is -2.21. The lowest BCUT2D eigenvalue weighted by atomic mass is 10.1. The third kappa shape index (κ3) is 3.27. The summed E-state index contributed by atoms with van der Waals surface area (Å²) >= 11 is 1.33. The number of nitrogens with two attached hydrogens (primary N) is 1. The van der Waals surface area contributed by atoms with Crippen molar-refractivity contribution in [3.63, 3.8) is 0 Å². The fraction of sp³-hybridized carbons (Fsp3) is 0.250. The number of nitrogens with one attached hydrogen (secondary N) is 1. The van der Waals surface area contributed by atoms with E-state index in [0.717, 1.165) is 5.56 Å². The molecule has 4 N–H and O–H groups in total. The Labute approximate surface area is 114 Å². The SMILES string of the molecule is CC(Nc1nc(C(N)C(=O)O)cs1)c1cccnc1.